The molecule has 0 radical (unpaired) electrons. The summed E-state index contributed by atoms with van der Waals surface area (Å²) < 4.78 is 5.67. The van der Waals surface area contributed by atoms with Crippen molar-refractivity contribution in [3.8, 4) is 5.75 Å². The van der Waals surface area contributed by atoms with E-state index in [1.165, 1.54) is 0 Å². The second-order valence-corrected chi connectivity index (χ2v) is 5.24. The van der Waals surface area contributed by atoms with Gasteiger partial charge in [-0.2, -0.15) is 0 Å². The first-order chi connectivity index (χ1) is 7.83. The number of rotatable bonds is 5. The number of ether oxygens (including phenoxy) is 1. The Bertz CT molecular complexity index is 416. The van der Waals surface area contributed by atoms with Crippen LogP contribution in [0.2, 0.25) is 5.02 Å². The molecule has 3 nitrogen and oxygen atoms in total. The third-order valence-electron chi connectivity index (χ3n) is 2.85. The zero-order valence-electron chi connectivity index (χ0n) is 10.5. The maximum absolute atomic E-state index is 7.46. The minimum atomic E-state index is -0.319. The number of hydrogen-bond donors (Lipinski definition) is 2. The lowest BCUT2D eigenvalue weighted by molar-refractivity contribution is 0.267. The van der Waals surface area contributed by atoms with E-state index in [9.17, 15) is 0 Å². The predicted octanol–water partition coefficient (Wildman–Crippen LogP) is 3.38. The highest BCUT2D eigenvalue weighted by atomic mass is 35.5. The first kappa shape index (κ1) is 13.8. The Labute approximate surface area is 107 Å². The van der Waals surface area contributed by atoms with Gasteiger partial charge in [0.25, 0.3) is 0 Å². The average molecular weight is 255 g/mol. The molecule has 4 heteroatoms. The summed E-state index contributed by atoms with van der Waals surface area (Å²) in [5, 5.41) is 8.16. The van der Waals surface area contributed by atoms with Crippen molar-refractivity contribution in [3.63, 3.8) is 0 Å². The van der Waals surface area contributed by atoms with Gasteiger partial charge in [0.05, 0.1) is 12.4 Å². The van der Waals surface area contributed by atoms with Crippen LogP contribution in [0, 0.1) is 17.7 Å². The molecule has 0 saturated heterocycles. The lowest BCUT2D eigenvalue weighted by Crippen LogP contribution is -2.32. The topological polar surface area (TPSA) is 59.1 Å². The van der Waals surface area contributed by atoms with Crippen LogP contribution in [-0.4, -0.2) is 12.4 Å². The number of halogens is 1. The van der Waals surface area contributed by atoms with Crippen molar-refractivity contribution in [2.24, 2.45) is 11.1 Å². The van der Waals surface area contributed by atoms with Gasteiger partial charge in [-0.3, -0.25) is 5.41 Å². The first-order valence-electron chi connectivity index (χ1n) is 5.56. The molecule has 1 aromatic rings. The Hall–Kier alpha value is -1.22. The number of benzene rings is 1. The van der Waals surface area contributed by atoms with E-state index >= 15 is 0 Å². The molecular weight excluding hydrogens is 236 g/mol. The van der Waals surface area contributed by atoms with Crippen LogP contribution >= 0.6 is 11.6 Å². The fourth-order valence-corrected chi connectivity index (χ4v) is 1.55. The van der Waals surface area contributed by atoms with Crippen LogP contribution in [0.4, 0.5) is 0 Å². The molecule has 0 spiro atoms. The fourth-order valence-electron chi connectivity index (χ4n) is 1.33. The molecule has 17 heavy (non-hydrogen) atoms. The van der Waals surface area contributed by atoms with Crippen LogP contribution in [0.1, 0.15) is 25.8 Å². The zero-order valence-corrected chi connectivity index (χ0v) is 11.3. The summed E-state index contributed by atoms with van der Waals surface area (Å²) >= 11 is 5.86. The van der Waals surface area contributed by atoms with Gasteiger partial charge in [0.2, 0.25) is 0 Å². The van der Waals surface area contributed by atoms with Gasteiger partial charge in [-0.25, -0.2) is 0 Å². The number of amidine groups is 1. The Morgan fingerprint density at radius 1 is 1.47 bits per heavy atom. The van der Waals surface area contributed by atoms with E-state index in [1.807, 2.05) is 32.9 Å². The summed E-state index contributed by atoms with van der Waals surface area (Å²) in [6.45, 7) is 6.37. The molecule has 1 rings (SSSR count). The smallest absolute Gasteiger partial charge is 0.122 e. The second-order valence-electron chi connectivity index (χ2n) is 4.81. The van der Waals surface area contributed by atoms with Crippen molar-refractivity contribution in [2.45, 2.75) is 27.2 Å². The molecule has 0 heterocycles. The van der Waals surface area contributed by atoms with E-state index in [4.69, 9.17) is 27.5 Å². The molecule has 0 amide bonds. The van der Waals surface area contributed by atoms with Gasteiger partial charge in [0.15, 0.2) is 0 Å². The predicted molar refractivity (Wildman–Crippen MR) is 72.0 cm³/mol. The minimum Gasteiger partial charge on any atom is -0.493 e. The number of nitrogens with two attached hydrogens (primary N) is 1. The SMILES string of the molecule is Cc1cc(Cl)ccc1OCCC(C)(C)C(=N)N. The van der Waals surface area contributed by atoms with Crippen LogP contribution in [0.15, 0.2) is 18.2 Å². The Kier molecular flexibility index (Phi) is 4.40. The summed E-state index contributed by atoms with van der Waals surface area (Å²) in [6.07, 6.45) is 0.713. The summed E-state index contributed by atoms with van der Waals surface area (Å²) in [5.74, 6) is 1.02. The highest BCUT2D eigenvalue weighted by molar-refractivity contribution is 6.30. The maximum Gasteiger partial charge on any atom is 0.122 e. The molecular formula is C13H19ClN2O. The number of nitrogens with one attached hydrogen (secondary N) is 1. The van der Waals surface area contributed by atoms with Crippen molar-refractivity contribution < 1.29 is 4.74 Å². The molecule has 0 atom stereocenters. The van der Waals surface area contributed by atoms with Crippen LogP contribution in [0.3, 0.4) is 0 Å². The molecule has 0 saturated carbocycles. The van der Waals surface area contributed by atoms with E-state index < -0.39 is 0 Å². The minimum absolute atomic E-state index is 0.189. The Morgan fingerprint density at radius 3 is 2.65 bits per heavy atom. The fraction of sp³-hybridized carbons (Fsp3) is 0.462. The van der Waals surface area contributed by atoms with E-state index in [-0.39, 0.29) is 11.3 Å². The summed E-state index contributed by atoms with van der Waals surface area (Å²) in [7, 11) is 0. The molecule has 0 fully saturated rings. The normalized spacial score (nSPS) is 11.3. The van der Waals surface area contributed by atoms with Gasteiger partial charge in [-0.05, 0) is 37.1 Å². The summed E-state index contributed by atoms with van der Waals surface area (Å²) in [5.41, 5.74) is 6.20. The second kappa shape index (κ2) is 5.41. The Morgan fingerprint density at radius 2 is 2.12 bits per heavy atom. The molecule has 0 aromatic heterocycles. The highest BCUT2D eigenvalue weighted by Gasteiger charge is 2.21. The highest BCUT2D eigenvalue weighted by Crippen LogP contribution is 2.24. The standard InChI is InChI=1S/C13H19ClN2O/c1-9-8-10(14)4-5-11(9)17-7-6-13(2,3)12(15)16/h4-5,8H,6-7H2,1-3H3,(H3,15,16). The number of aryl methyl sites for hydroxylation is 1. The third kappa shape index (κ3) is 3.93. The molecule has 3 N–H and O–H groups in total. The third-order valence-corrected chi connectivity index (χ3v) is 3.09. The van der Waals surface area contributed by atoms with Crippen LogP contribution in [-0.2, 0) is 0 Å². The molecule has 0 unspecified atom stereocenters. The van der Waals surface area contributed by atoms with Crippen molar-refractivity contribution in [1.82, 2.24) is 0 Å². The number of hydrogen-bond acceptors (Lipinski definition) is 2. The van der Waals surface area contributed by atoms with Crippen molar-refractivity contribution in [3.05, 3.63) is 28.8 Å². The van der Waals surface area contributed by atoms with Gasteiger partial charge < -0.3 is 10.5 Å². The Balaban J connectivity index is 2.54. The largest absolute Gasteiger partial charge is 0.493 e. The van der Waals surface area contributed by atoms with Gasteiger partial charge in [0.1, 0.15) is 5.75 Å². The monoisotopic (exact) mass is 254 g/mol. The zero-order chi connectivity index (χ0) is 13.1. The van der Waals surface area contributed by atoms with Crippen molar-refractivity contribution in [2.75, 3.05) is 6.61 Å². The molecule has 1 aromatic carbocycles. The lowest BCUT2D eigenvalue weighted by atomic mass is 9.88. The molecule has 0 aliphatic carbocycles. The molecule has 94 valence electrons. The molecule has 0 aliphatic rings. The molecule has 0 bridgehead atoms. The average Bonchev–Trinajstić information content (AvgIpc) is 2.21. The lowest BCUT2D eigenvalue weighted by Gasteiger charge is -2.23. The van der Waals surface area contributed by atoms with Crippen LogP contribution < -0.4 is 10.5 Å². The van der Waals surface area contributed by atoms with E-state index in [1.54, 1.807) is 6.07 Å². The van der Waals surface area contributed by atoms with E-state index in [0.29, 0.717) is 18.1 Å². The quantitative estimate of drug-likeness (QED) is 0.625. The van der Waals surface area contributed by atoms with E-state index in [2.05, 4.69) is 0 Å². The molecule has 0 aliphatic heterocycles. The van der Waals surface area contributed by atoms with Gasteiger partial charge >= 0.3 is 0 Å². The van der Waals surface area contributed by atoms with Gasteiger partial charge in [-0.1, -0.05) is 25.4 Å². The maximum atomic E-state index is 7.46. The van der Waals surface area contributed by atoms with Crippen LogP contribution in [0.5, 0.6) is 5.75 Å². The van der Waals surface area contributed by atoms with Crippen LogP contribution in [0.25, 0.3) is 0 Å². The van der Waals surface area contributed by atoms with Crippen molar-refractivity contribution >= 4 is 17.4 Å². The summed E-state index contributed by atoms with van der Waals surface area (Å²) in [6, 6.07) is 5.53. The van der Waals surface area contributed by atoms with E-state index in [0.717, 1.165) is 11.3 Å². The van der Waals surface area contributed by atoms with Crippen molar-refractivity contribution in [1.29, 1.82) is 5.41 Å². The van der Waals surface area contributed by atoms with Gasteiger partial charge in [0, 0.05) is 10.4 Å². The van der Waals surface area contributed by atoms with Gasteiger partial charge in [-0.15, -0.1) is 0 Å². The summed E-state index contributed by atoms with van der Waals surface area (Å²) in [4.78, 5) is 0. The first-order valence-corrected chi connectivity index (χ1v) is 5.94.